The zero-order valence-corrected chi connectivity index (χ0v) is 13.0. The lowest BCUT2D eigenvalue weighted by molar-refractivity contribution is -0.138. The van der Waals surface area contributed by atoms with Gasteiger partial charge in [0, 0.05) is 26.2 Å². The first-order valence-electron chi connectivity index (χ1n) is 7.84. The minimum Gasteiger partial charge on any atom is -0.481 e. The number of hydrogen-bond donors (Lipinski definition) is 1. The molecule has 1 aliphatic carbocycles. The van der Waals surface area contributed by atoms with Crippen molar-refractivity contribution < 1.29 is 19.4 Å². The van der Waals surface area contributed by atoms with Crippen LogP contribution in [0.1, 0.15) is 39.0 Å². The van der Waals surface area contributed by atoms with Gasteiger partial charge in [-0.15, -0.1) is 0 Å². The summed E-state index contributed by atoms with van der Waals surface area (Å²) < 4.78 is 5.55. The second kappa shape index (κ2) is 7.11. The number of hydrogen-bond acceptors (Lipinski definition) is 3. The van der Waals surface area contributed by atoms with E-state index in [0.717, 1.165) is 12.8 Å². The minimum atomic E-state index is -0.835. The van der Waals surface area contributed by atoms with E-state index in [0.29, 0.717) is 25.0 Å². The summed E-state index contributed by atoms with van der Waals surface area (Å²) >= 11 is 0. The third kappa shape index (κ3) is 4.59. The van der Waals surface area contributed by atoms with Crippen molar-refractivity contribution in [3.8, 4) is 0 Å². The number of carboxylic acids is 1. The maximum atomic E-state index is 12.4. The van der Waals surface area contributed by atoms with Gasteiger partial charge in [0.15, 0.2) is 0 Å². The molecule has 1 N–H and O–H groups in total. The van der Waals surface area contributed by atoms with E-state index in [4.69, 9.17) is 9.84 Å². The molecule has 1 saturated heterocycles. The Bertz CT molecular complexity index is 376. The number of carbonyl (C=O) groups excluding carboxylic acids is 1. The molecule has 2 rings (SSSR count). The second-order valence-corrected chi connectivity index (χ2v) is 6.17. The Balaban J connectivity index is 1.70. The summed E-state index contributed by atoms with van der Waals surface area (Å²) in [7, 11) is 1.89. The van der Waals surface area contributed by atoms with E-state index in [-0.39, 0.29) is 25.2 Å². The van der Waals surface area contributed by atoms with Crippen molar-refractivity contribution in [3.63, 3.8) is 0 Å². The molecule has 1 atom stereocenters. The highest BCUT2D eigenvalue weighted by molar-refractivity contribution is 5.74. The Morgan fingerprint density at radius 1 is 1.29 bits per heavy atom. The summed E-state index contributed by atoms with van der Waals surface area (Å²) in [5.41, 5.74) is 0. The number of nitrogens with zero attached hydrogens (tertiary/aromatic N) is 2. The number of ether oxygens (including phenoxy) is 1. The molecule has 2 fully saturated rings. The van der Waals surface area contributed by atoms with E-state index < -0.39 is 5.97 Å². The number of likely N-dealkylation sites (tertiary alicyclic amines) is 1. The van der Waals surface area contributed by atoms with Gasteiger partial charge in [-0.2, -0.15) is 0 Å². The van der Waals surface area contributed by atoms with Crippen molar-refractivity contribution in [2.24, 2.45) is 5.92 Å². The van der Waals surface area contributed by atoms with Gasteiger partial charge in [0.05, 0.1) is 19.1 Å². The monoisotopic (exact) mass is 298 g/mol. The lowest BCUT2D eigenvalue weighted by Gasteiger charge is -2.36. The van der Waals surface area contributed by atoms with Gasteiger partial charge in [-0.25, -0.2) is 4.79 Å². The molecule has 1 unspecified atom stereocenters. The SMILES string of the molecule is CC(C1CC1)N(C)C(=O)N1CCC(OCCC(=O)O)CC1. The quantitative estimate of drug-likeness (QED) is 0.811. The summed E-state index contributed by atoms with van der Waals surface area (Å²) in [6, 6.07) is 0.431. The third-order valence-corrected chi connectivity index (χ3v) is 4.60. The zero-order chi connectivity index (χ0) is 15.4. The van der Waals surface area contributed by atoms with Crippen LogP contribution in [-0.2, 0) is 9.53 Å². The fourth-order valence-electron chi connectivity index (χ4n) is 2.82. The molecular formula is C15H26N2O4. The van der Waals surface area contributed by atoms with Crippen LogP contribution >= 0.6 is 0 Å². The Labute approximate surface area is 126 Å². The summed E-state index contributed by atoms with van der Waals surface area (Å²) in [5.74, 6) is -0.158. The van der Waals surface area contributed by atoms with Gasteiger partial charge in [0.2, 0.25) is 0 Å². The van der Waals surface area contributed by atoms with Crippen LogP contribution in [0.5, 0.6) is 0 Å². The van der Waals surface area contributed by atoms with E-state index >= 15 is 0 Å². The molecule has 6 nitrogen and oxygen atoms in total. The van der Waals surface area contributed by atoms with Crippen LogP contribution in [0.4, 0.5) is 4.79 Å². The number of carbonyl (C=O) groups is 2. The van der Waals surface area contributed by atoms with Crippen LogP contribution < -0.4 is 0 Å². The summed E-state index contributed by atoms with van der Waals surface area (Å²) in [6.45, 7) is 3.76. The van der Waals surface area contributed by atoms with E-state index in [1.165, 1.54) is 12.8 Å². The molecule has 2 amide bonds. The van der Waals surface area contributed by atoms with E-state index in [9.17, 15) is 9.59 Å². The van der Waals surface area contributed by atoms with E-state index in [2.05, 4.69) is 6.92 Å². The highest BCUT2D eigenvalue weighted by Crippen LogP contribution is 2.35. The average molecular weight is 298 g/mol. The fraction of sp³-hybridized carbons (Fsp3) is 0.867. The number of urea groups is 1. The highest BCUT2D eigenvalue weighted by Gasteiger charge is 2.34. The second-order valence-electron chi connectivity index (χ2n) is 6.17. The molecule has 1 saturated carbocycles. The van der Waals surface area contributed by atoms with E-state index in [1.54, 1.807) is 0 Å². The molecule has 0 bridgehead atoms. The maximum Gasteiger partial charge on any atom is 0.319 e. The topological polar surface area (TPSA) is 70.1 Å². The van der Waals surface area contributed by atoms with Crippen molar-refractivity contribution >= 4 is 12.0 Å². The fourth-order valence-corrected chi connectivity index (χ4v) is 2.82. The molecule has 120 valence electrons. The largest absolute Gasteiger partial charge is 0.481 e. The third-order valence-electron chi connectivity index (χ3n) is 4.60. The molecule has 1 aliphatic heterocycles. The average Bonchev–Trinajstić information content (AvgIpc) is 3.30. The van der Waals surface area contributed by atoms with Crippen LogP contribution in [0.2, 0.25) is 0 Å². The zero-order valence-electron chi connectivity index (χ0n) is 13.0. The molecule has 0 aromatic rings. The molecule has 0 aromatic heterocycles. The number of rotatable bonds is 6. The summed E-state index contributed by atoms with van der Waals surface area (Å²) in [4.78, 5) is 26.6. The molecule has 6 heteroatoms. The molecule has 1 heterocycles. The van der Waals surface area contributed by atoms with Gasteiger partial charge in [0.1, 0.15) is 0 Å². The maximum absolute atomic E-state index is 12.4. The molecule has 0 spiro atoms. The van der Waals surface area contributed by atoms with Gasteiger partial charge < -0.3 is 19.6 Å². The van der Waals surface area contributed by atoms with Gasteiger partial charge in [-0.3, -0.25) is 4.79 Å². The normalized spacial score (nSPS) is 21.1. The van der Waals surface area contributed by atoms with Crippen molar-refractivity contribution in [1.29, 1.82) is 0 Å². The predicted octanol–water partition coefficient (Wildman–Crippen LogP) is 1.79. The van der Waals surface area contributed by atoms with Crippen molar-refractivity contribution in [2.75, 3.05) is 26.7 Å². The minimum absolute atomic E-state index is 0.0424. The molecule has 2 aliphatic rings. The Morgan fingerprint density at radius 3 is 2.43 bits per heavy atom. The number of carboxylic acid groups (broad SMARTS) is 1. The first-order chi connectivity index (χ1) is 9.99. The van der Waals surface area contributed by atoms with Crippen LogP contribution in [-0.4, -0.2) is 65.8 Å². The summed E-state index contributed by atoms with van der Waals surface area (Å²) in [5, 5.41) is 8.58. The highest BCUT2D eigenvalue weighted by atomic mass is 16.5. The van der Waals surface area contributed by atoms with Crippen LogP contribution in [0.3, 0.4) is 0 Å². The van der Waals surface area contributed by atoms with E-state index in [1.807, 2.05) is 16.8 Å². The Hall–Kier alpha value is -1.30. The van der Waals surface area contributed by atoms with Crippen molar-refractivity contribution in [3.05, 3.63) is 0 Å². The number of piperidine rings is 1. The van der Waals surface area contributed by atoms with Gasteiger partial charge in [-0.1, -0.05) is 0 Å². The molecule has 0 radical (unpaired) electrons. The van der Waals surface area contributed by atoms with Crippen LogP contribution in [0.15, 0.2) is 0 Å². The number of amides is 2. The summed E-state index contributed by atoms with van der Waals surface area (Å²) in [6.07, 6.45) is 4.17. The first-order valence-corrected chi connectivity index (χ1v) is 7.84. The molecular weight excluding hydrogens is 272 g/mol. The lowest BCUT2D eigenvalue weighted by Crippen LogP contribution is -2.49. The lowest BCUT2D eigenvalue weighted by atomic mass is 10.1. The van der Waals surface area contributed by atoms with Gasteiger partial charge in [0.25, 0.3) is 0 Å². The van der Waals surface area contributed by atoms with Crippen LogP contribution in [0, 0.1) is 5.92 Å². The smallest absolute Gasteiger partial charge is 0.319 e. The Morgan fingerprint density at radius 2 is 1.90 bits per heavy atom. The van der Waals surface area contributed by atoms with Crippen molar-refractivity contribution in [2.45, 2.75) is 51.2 Å². The van der Waals surface area contributed by atoms with Crippen LogP contribution in [0.25, 0.3) is 0 Å². The first kappa shape index (κ1) is 16.1. The standard InChI is InChI=1S/C15H26N2O4/c1-11(12-3-4-12)16(2)15(20)17-8-5-13(6-9-17)21-10-7-14(18)19/h11-13H,3-10H2,1-2H3,(H,18,19). The molecule has 21 heavy (non-hydrogen) atoms. The Kier molecular flexibility index (Phi) is 5.45. The predicted molar refractivity (Wildman–Crippen MR) is 78.1 cm³/mol. The molecule has 0 aromatic carbocycles. The number of aliphatic carboxylic acids is 1. The van der Waals surface area contributed by atoms with Gasteiger partial charge in [-0.05, 0) is 38.5 Å². The van der Waals surface area contributed by atoms with Gasteiger partial charge >= 0.3 is 12.0 Å². The van der Waals surface area contributed by atoms with Crippen molar-refractivity contribution in [1.82, 2.24) is 9.80 Å².